The zero-order valence-corrected chi connectivity index (χ0v) is 10.9. The molecule has 4 heteroatoms. The number of aromatic nitrogens is 2. The highest BCUT2D eigenvalue weighted by Crippen LogP contribution is 2.32. The van der Waals surface area contributed by atoms with Crippen molar-refractivity contribution in [1.29, 1.82) is 0 Å². The highest BCUT2D eigenvalue weighted by Gasteiger charge is 2.18. The highest BCUT2D eigenvalue weighted by atomic mass is 15.0. The second kappa shape index (κ2) is 4.49. The maximum absolute atomic E-state index is 4.70. The first-order valence-electron chi connectivity index (χ1n) is 6.73. The standard InChI is InChI=1S/C16H14N4/c1-3-11-4-2-6-14-15(11)13(5-1)16(20-14)18-8-7-12-9-17-10-19-12/h1-6,9-10H,7-8H2,(H,17,19)(H,18,20). The smallest absolute Gasteiger partial charge is 0.133 e. The van der Waals surface area contributed by atoms with E-state index in [0.717, 1.165) is 30.2 Å². The minimum absolute atomic E-state index is 0.745. The largest absolute Gasteiger partial charge is 0.348 e. The lowest BCUT2D eigenvalue weighted by atomic mass is 10.1. The van der Waals surface area contributed by atoms with Crippen LogP contribution in [0.1, 0.15) is 11.3 Å². The van der Waals surface area contributed by atoms with Crippen LogP contribution in [0.15, 0.2) is 53.9 Å². The second-order valence-corrected chi connectivity index (χ2v) is 4.89. The van der Waals surface area contributed by atoms with Gasteiger partial charge in [0.15, 0.2) is 0 Å². The van der Waals surface area contributed by atoms with Crippen LogP contribution in [0.25, 0.3) is 10.8 Å². The molecule has 0 spiro atoms. The van der Waals surface area contributed by atoms with E-state index < -0.39 is 0 Å². The number of hydrogen-bond acceptors (Lipinski definition) is 2. The molecule has 2 heterocycles. The third-order valence-electron chi connectivity index (χ3n) is 3.62. The monoisotopic (exact) mass is 262 g/mol. The third kappa shape index (κ3) is 1.77. The van der Waals surface area contributed by atoms with E-state index >= 15 is 0 Å². The average molecular weight is 262 g/mol. The summed E-state index contributed by atoms with van der Waals surface area (Å²) in [5.74, 6) is 0.969. The van der Waals surface area contributed by atoms with Gasteiger partial charge in [0.25, 0.3) is 0 Å². The van der Waals surface area contributed by atoms with Crippen LogP contribution in [0.3, 0.4) is 0 Å². The molecule has 98 valence electrons. The van der Waals surface area contributed by atoms with E-state index in [0.29, 0.717) is 0 Å². The van der Waals surface area contributed by atoms with Gasteiger partial charge in [-0.15, -0.1) is 0 Å². The lowest BCUT2D eigenvalue weighted by molar-refractivity contribution is 0.935. The molecular weight excluding hydrogens is 248 g/mol. The van der Waals surface area contributed by atoms with Gasteiger partial charge in [0.05, 0.1) is 6.33 Å². The lowest BCUT2D eigenvalue weighted by Crippen LogP contribution is -2.08. The molecule has 0 bridgehead atoms. The number of nitrogens with zero attached hydrogens (tertiary/aromatic N) is 2. The number of rotatable bonds is 3. The summed E-state index contributed by atoms with van der Waals surface area (Å²) in [7, 11) is 0. The summed E-state index contributed by atoms with van der Waals surface area (Å²) >= 11 is 0. The van der Waals surface area contributed by atoms with Crippen LogP contribution in [0, 0.1) is 0 Å². The Labute approximate surface area is 116 Å². The van der Waals surface area contributed by atoms with Gasteiger partial charge in [0.2, 0.25) is 0 Å². The molecule has 3 aromatic rings. The van der Waals surface area contributed by atoms with Crippen LogP contribution in [0.2, 0.25) is 0 Å². The summed E-state index contributed by atoms with van der Waals surface area (Å²) < 4.78 is 0. The molecule has 1 aromatic heterocycles. The van der Waals surface area contributed by atoms with Crippen molar-refractivity contribution in [2.75, 3.05) is 11.9 Å². The van der Waals surface area contributed by atoms with Crippen molar-refractivity contribution in [2.45, 2.75) is 6.42 Å². The zero-order valence-electron chi connectivity index (χ0n) is 10.9. The first-order chi connectivity index (χ1) is 9.92. The molecule has 20 heavy (non-hydrogen) atoms. The van der Waals surface area contributed by atoms with Gasteiger partial charge < -0.3 is 10.3 Å². The van der Waals surface area contributed by atoms with Crippen LogP contribution >= 0.6 is 0 Å². The Balaban J connectivity index is 1.64. The molecule has 1 aliphatic heterocycles. The molecule has 0 saturated heterocycles. The number of hydrogen-bond donors (Lipinski definition) is 2. The van der Waals surface area contributed by atoms with Gasteiger partial charge in [-0.1, -0.05) is 30.3 Å². The molecule has 0 fully saturated rings. The van der Waals surface area contributed by atoms with Gasteiger partial charge >= 0.3 is 0 Å². The molecule has 2 aromatic carbocycles. The first kappa shape index (κ1) is 11.2. The summed E-state index contributed by atoms with van der Waals surface area (Å²) in [6, 6.07) is 12.7. The van der Waals surface area contributed by atoms with Crippen molar-refractivity contribution in [3.63, 3.8) is 0 Å². The minimum Gasteiger partial charge on any atom is -0.348 e. The molecule has 0 atom stereocenters. The van der Waals surface area contributed by atoms with E-state index in [1.807, 2.05) is 6.20 Å². The summed E-state index contributed by atoms with van der Waals surface area (Å²) in [5, 5.41) is 5.94. The molecular formula is C16H14N4. The molecule has 0 radical (unpaired) electrons. The first-order valence-corrected chi connectivity index (χ1v) is 6.73. The molecule has 4 nitrogen and oxygen atoms in total. The molecule has 1 aliphatic rings. The predicted octanol–water partition coefficient (Wildman–Crippen LogP) is 2.98. The number of anilines is 1. The van der Waals surface area contributed by atoms with E-state index in [9.17, 15) is 0 Å². The van der Waals surface area contributed by atoms with Crippen molar-refractivity contribution in [3.05, 3.63) is 60.2 Å². The molecule has 4 rings (SSSR count). The van der Waals surface area contributed by atoms with Crippen LogP contribution in [-0.2, 0) is 6.42 Å². The number of imidazole rings is 1. The maximum atomic E-state index is 4.70. The van der Waals surface area contributed by atoms with Crippen LogP contribution in [0.4, 0.5) is 5.69 Å². The van der Waals surface area contributed by atoms with E-state index in [1.54, 1.807) is 6.33 Å². The van der Waals surface area contributed by atoms with Crippen LogP contribution in [0.5, 0.6) is 0 Å². The number of amidine groups is 1. The second-order valence-electron chi connectivity index (χ2n) is 4.89. The maximum Gasteiger partial charge on any atom is 0.133 e. The zero-order chi connectivity index (χ0) is 13.4. The molecule has 0 saturated carbocycles. The van der Waals surface area contributed by atoms with Crippen molar-refractivity contribution in [1.82, 2.24) is 9.97 Å². The Bertz CT molecular complexity index is 782. The summed E-state index contributed by atoms with van der Waals surface area (Å²) in [6.45, 7) is 0.745. The van der Waals surface area contributed by atoms with Gasteiger partial charge in [0, 0.05) is 41.5 Å². The SMILES string of the molecule is c1cc2c3c(cccc3c1)C(=NCCc1cnc[nH]1)N2. The summed E-state index contributed by atoms with van der Waals surface area (Å²) in [6.07, 6.45) is 4.42. The number of H-pyrrole nitrogens is 1. The molecule has 0 unspecified atom stereocenters. The van der Waals surface area contributed by atoms with Crippen molar-refractivity contribution < 1.29 is 0 Å². The summed E-state index contributed by atoms with van der Waals surface area (Å²) in [4.78, 5) is 11.8. The Morgan fingerprint density at radius 2 is 2.00 bits per heavy atom. The van der Waals surface area contributed by atoms with Crippen LogP contribution < -0.4 is 5.32 Å². The third-order valence-corrected chi connectivity index (χ3v) is 3.62. The fourth-order valence-electron chi connectivity index (χ4n) is 2.67. The fraction of sp³-hybridized carbons (Fsp3) is 0.125. The normalized spacial score (nSPS) is 14.9. The Kier molecular flexibility index (Phi) is 2.52. The number of nitrogens with one attached hydrogen (secondary N) is 2. The van der Waals surface area contributed by atoms with E-state index in [4.69, 9.17) is 4.99 Å². The predicted molar refractivity (Wildman–Crippen MR) is 81.3 cm³/mol. The van der Waals surface area contributed by atoms with E-state index in [1.165, 1.54) is 16.3 Å². The fourth-order valence-corrected chi connectivity index (χ4v) is 2.67. The molecule has 0 amide bonds. The topological polar surface area (TPSA) is 53.1 Å². The number of aromatic amines is 1. The van der Waals surface area contributed by atoms with Crippen molar-refractivity contribution in [2.24, 2.45) is 4.99 Å². The summed E-state index contributed by atoms with van der Waals surface area (Å²) in [5.41, 5.74) is 3.46. The highest BCUT2D eigenvalue weighted by molar-refractivity contribution is 6.25. The Morgan fingerprint density at radius 3 is 2.85 bits per heavy atom. The van der Waals surface area contributed by atoms with E-state index in [-0.39, 0.29) is 0 Å². The number of aliphatic imine (C=N–C) groups is 1. The average Bonchev–Trinajstić information content (AvgIpc) is 3.10. The molecule has 0 aliphatic carbocycles. The number of benzene rings is 2. The van der Waals surface area contributed by atoms with Gasteiger partial charge in [-0.25, -0.2) is 4.98 Å². The van der Waals surface area contributed by atoms with Gasteiger partial charge in [0.1, 0.15) is 5.84 Å². The van der Waals surface area contributed by atoms with Crippen molar-refractivity contribution >= 4 is 22.3 Å². The van der Waals surface area contributed by atoms with Crippen LogP contribution in [-0.4, -0.2) is 22.3 Å². The minimum atomic E-state index is 0.745. The van der Waals surface area contributed by atoms with E-state index in [2.05, 4.69) is 51.7 Å². The van der Waals surface area contributed by atoms with Gasteiger partial charge in [-0.05, 0) is 11.5 Å². The Morgan fingerprint density at radius 1 is 1.10 bits per heavy atom. The molecule has 2 N–H and O–H groups in total. The van der Waals surface area contributed by atoms with Gasteiger partial charge in [-0.3, -0.25) is 4.99 Å². The van der Waals surface area contributed by atoms with Gasteiger partial charge in [-0.2, -0.15) is 0 Å². The van der Waals surface area contributed by atoms with Crippen molar-refractivity contribution in [3.8, 4) is 0 Å². The quantitative estimate of drug-likeness (QED) is 0.762. The lowest BCUT2D eigenvalue weighted by Gasteiger charge is -2.00. The Hall–Kier alpha value is -2.62.